The molecule has 0 bridgehead atoms. The monoisotopic (exact) mass is 309 g/mol. The Hall–Kier alpha value is -0.600. The number of aromatic nitrogens is 1. The normalized spacial score (nSPS) is 17.3. The van der Waals surface area contributed by atoms with Crippen molar-refractivity contribution in [2.45, 2.75) is 24.1 Å². The molecule has 1 saturated carbocycles. The zero-order valence-electron chi connectivity index (χ0n) is 9.37. The summed E-state index contributed by atoms with van der Waals surface area (Å²) in [5, 5.41) is 1.97. The van der Waals surface area contributed by atoms with Gasteiger partial charge in [0.05, 0.1) is 5.52 Å². The molecule has 0 N–H and O–H groups in total. The van der Waals surface area contributed by atoms with Gasteiger partial charge >= 0.3 is 0 Å². The zero-order chi connectivity index (χ0) is 11.8. The average molecular weight is 311 g/mol. The molecule has 17 heavy (non-hydrogen) atoms. The van der Waals surface area contributed by atoms with Crippen LogP contribution in [0, 0.1) is 5.92 Å². The minimum absolute atomic E-state index is 0.601. The third-order valence-electron chi connectivity index (χ3n) is 3.34. The SMILES string of the molecule is Clc1ccc2c(CC(Br)C3CC3)ccnc2c1. The van der Waals surface area contributed by atoms with Crippen molar-refractivity contribution in [2.24, 2.45) is 5.92 Å². The Morgan fingerprint density at radius 2 is 2.18 bits per heavy atom. The Bertz CT molecular complexity index is 551. The van der Waals surface area contributed by atoms with Crippen molar-refractivity contribution in [1.82, 2.24) is 4.98 Å². The molecule has 1 unspecified atom stereocenters. The van der Waals surface area contributed by atoms with E-state index < -0.39 is 0 Å². The molecule has 1 heterocycles. The first-order chi connectivity index (χ1) is 8.24. The van der Waals surface area contributed by atoms with Crippen molar-refractivity contribution in [3.63, 3.8) is 0 Å². The Morgan fingerprint density at radius 3 is 2.94 bits per heavy atom. The lowest BCUT2D eigenvalue weighted by Gasteiger charge is -2.10. The number of hydrogen-bond acceptors (Lipinski definition) is 1. The molecule has 1 aromatic heterocycles. The fourth-order valence-electron chi connectivity index (χ4n) is 2.19. The van der Waals surface area contributed by atoms with E-state index in [4.69, 9.17) is 11.6 Å². The van der Waals surface area contributed by atoms with Crippen LogP contribution >= 0.6 is 27.5 Å². The van der Waals surface area contributed by atoms with Crippen molar-refractivity contribution in [3.8, 4) is 0 Å². The smallest absolute Gasteiger partial charge is 0.0719 e. The summed E-state index contributed by atoms with van der Waals surface area (Å²) in [6.45, 7) is 0. The Morgan fingerprint density at radius 1 is 1.35 bits per heavy atom. The van der Waals surface area contributed by atoms with E-state index in [0.717, 1.165) is 22.9 Å². The summed E-state index contributed by atoms with van der Waals surface area (Å²) in [5.41, 5.74) is 2.35. The molecule has 0 aliphatic heterocycles. The minimum atomic E-state index is 0.601. The van der Waals surface area contributed by atoms with Gasteiger partial charge in [0, 0.05) is 21.4 Å². The summed E-state index contributed by atoms with van der Waals surface area (Å²) in [6, 6.07) is 8.07. The summed E-state index contributed by atoms with van der Waals surface area (Å²) in [5.74, 6) is 0.866. The molecule has 1 fully saturated rings. The summed E-state index contributed by atoms with van der Waals surface area (Å²) in [4.78, 5) is 4.97. The number of benzene rings is 1. The molecule has 1 nitrogen and oxygen atoms in total. The van der Waals surface area contributed by atoms with E-state index in [1.807, 2.05) is 18.3 Å². The van der Waals surface area contributed by atoms with Crippen LogP contribution in [0.2, 0.25) is 5.02 Å². The molecular weight excluding hydrogens is 298 g/mol. The van der Waals surface area contributed by atoms with Gasteiger partial charge in [0.25, 0.3) is 0 Å². The third-order valence-corrected chi connectivity index (χ3v) is 4.65. The molecule has 3 rings (SSSR count). The molecule has 2 aromatic rings. The van der Waals surface area contributed by atoms with Gasteiger partial charge in [0.1, 0.15) is 0 Å². The highest BCUT2D eigenvalue weighted by atomic mass is 79.9. The number of nitrogens with zero attached hydrogens (tertiary/aromatic N) is 1. The van der Waals surface area contributed by atoms with Gasteiger partial charge in [0.15, 0.2) is 0 Å². The maximum absolute atomic E-state index is 5.99. The van der Waals surface area contributed by atoms with Gasteiger partial charge in [-0.1, -0.05) is 33.6 Å². The molecule has 1 aliphatic rings. The van der Waals surface area contributed by atoms with Crippen LogP contribution in [-0.4, -0.2) is 9.81 Å². The zero-order valence-corrected chi connectivity index (χ0v) is 11.7. The molecule has 1 atom stereocenters. The van der Waals surface area contributed by atoms with Gasteiger partial charge in [-0.25, -0.2) is 0 Å². The van der Waals surface area contributed by atoms with Crippen molar-refractivity contribution in [3.05, 3.63) is 41.0 Å². The molecule has 1 aromatic carbocycles. The van der Waals surface area contributed by atoms with E-state index in [1.54, 1.807) is 0 Å². The minimum Gasteiger partial charge on any atom is -0.256 e. The number of halogens is 2. The van der Waals surface area contributed by atoms with E-state index in [1.165, 1.54) is 23.8 Å². The summed E-state index contributed by atoms with van der Waals surface area (Å²) >= 11 is 9.78. The fourth-order valence-corrected chi connectivity index (χ4v) is 3.24. The average Bonchev–Trinajstić information content (AvgIpc) is 3.12. The topological polar surface area (TPSA) is 12.9 Å². The van der Waals surface area contributed by atoms with Crippen LogP contribution < -0.4 is 0 Å². The van der Waals surface area contributed by atoms with Gasteiger partial charge in [-0.15, -0.1) is 0 Å². The van der Waals surface area contributed by atoms with E-state index in [-0.39, 0.29) is 0 Å². The van der Waals surface area contributed by atoms with Crippen LogP contribution in [0.3, 0.4) is 0 Å². The van der Waals surface area contributed by atoms with E-state index >= 15 is 0 Å². The van der Waals surface area contributed by atoms with E-state index in [9.17, 15) is 0 Å². The van der Waals surface area contributed by atoms with Crippen LogP contribution in [0.25, 0.3) is 10.9 Å². The van der Waals surface area contributed by atoms with E-state index in [2.05, 4.69) is 33.0 Å². The lowest BCUT2D eigenvalue weighted by molar-refractivity contribution is 0.763. The Labute approximate surface area is 114 Å². The van der Waals surface area contributed by atoms with Crippen LogP contribution in [0.4, 0.5) is 0 Å². The van der Waals surface area contributed by atoms with Crippen LogP contribution in [0.1, 0.15) is 18.4 Å². The second-order valence-electron chi connectivity index (χ2n) is 4.69. The number of hydrogen-bond donors (Lipinski definition) is 0. The quantitative estimate of drug-likeness (QED) is 0.755. The van der Waals surface area contributed by atoms with Gasteiger partial charge in [0.2, 0.25) is 0 Å². The number of rotatable bonds is 3. The first-order valence-electron chi connectivity index (χ1n) is 5.91. The first kappa shape index (κ1) is 11.5. The van der Waals surface area contributed by atoms with Crippen molar-refractivity contribution < 1.29 is 0 Å². The van der Waals surface area contributed by atoms with Crippen molar-refractivity contribution in [1.29, 1.82) is 0 Å². The maximum Gasteiger partial charge on any atom is 0.0719 e. The van der Waals surface area contributed by atoms with Crippen LogP contribution in [-0.2, 0) is 6.42 Å². The fraction of sp³-hybridized carbons (Fsp3) is 0.357. The lowest BCUT2D eigenvalue weighted by atomic mass is 10.0. The predicted molar refractivity (Wildman–Crippen MR) is 75.9 cm³/mol. The second-order valence-corrected chi connectivity index (χ2v) is 6.30. The highest BCUT2D eigenvalue weighted by Gasteiger charge is 2.29. The lowest BCUT2D eigenvalue weighted by Crippen LogP contribution is -2.05. The molecular formula is C14H13BrClN. The summed E-state index contributed by atoms with van der Waals surface area (Å²) < 4.78 is 0. The third kappa shape index (κ3) is 2.48. The molecule has 1 aliphatic carbocycles. The maximum atomic E-state index is 5.99. The number of fused-ring (bicyclic) bond motifs is 1. The molecule has 0 radical (unpaired) electrons. The molecule has 0 saturated heterocycles. The standard InChI is InChI=1S/C14H13BrClN/c15-13(9-1-2-9)7-10-5-6-17-14-8-11(16)3-4-12(10)14/h3-6,8-9,13H,1-2,7H2. The van der Waals surface area contributed by atoms with Crippen molar-refractivity contribution in [2.75, 3.05) is 0 Å². The van der Waals surface area contributed by atoms with Crippen molar-refractivity contribution >= 4 is 38.4 Å². The highest BCUT2D eigenvalue weighted by Crippen LogP contribution is 2.38. The Balaban J connectivity index is 1.97. The van der Waals surface area contributed by atoms with Crippen LogP contribution in [0.5, 0.6) is 0 Å². The predicted octanol–water partition coefficient (Wildman–Crippen LogP) is 4.60. The largest absolute Gasteiger partial charge is 0.256 e. The van der Waals surface area contributed by atoms with Gasteiger partial charge in [-0.2, -0.15) is 0 Å². The molecule has 0 spiro atoms. The van der Waals surface area contributed by atoms with Gasteiger partial charge in [-0.05, 0) is 48.9 Å². The molecule has 3 heteroatoms. The van der Waals surface area contributed by atoms with Gasteiger partial charge < -0.3 is 0 Å². The second kappa shape index (κ2) is 4.58. The molecule has 0 amide bonds. The summed E-state index contributed by atoms with van der Waals surface area (Å²) in [7, 11) is 0. The molecule has 88 valence electrons. The highest BCUT2D eigenvalue weighted by molar-refractivity contribution is 9.09. The Kier molecular flexibility index (Phi) is 3.10. The van der Waals surface area contributed by atoms with E-state index in [0.29, 0.717) is 4.83 Å². The first-order valence-corrected chi connectivity index (χ1v) is 7.20. The summed E-state index contributed by atoms with van der Waals surface area (Å²) in [6.07, 6.45) is 5.68. The number of alkyl halides is 1. The number of pyridine rings is 1. The van der Waals surface area contributed by atoms with Gasteiger partial charge in [-0.3, -0.25) is 4.98 Å². The van der Waals surface area contributed by atoms with Crippen LogP contribution in [0.15, 0.2) is 30.5 Å².